The van der Waals surface area contributed by atoms with Gasteiger partial charge in [-0.2, -0.15) is 4.98 Å². The Labute approximate surface area is 105 Å². The molecule has 0 bridgehead atoms. The summed E-state index contributed by atoms with van der Waals surface area (Å²) in [5.41, 5.74) is 0.360. The van der Waals surface area contributed by atoms with E-state index < -0.39 is 5.60 Å². The van der Waals surface area contributed by atoms with Gasteiger partial charge >= 0.3 is 0 Å². The zero-order valence-electron chi connectivity index (χ0n) is 10.2. The fraction of sp³-hybridized carbons (Fsp3) is 0.385. The number of aromatic nitrogens is 2. The highest BCUT2D eigenvalue weighted by Crippen LogP contribution is 2.22. The molecule has 1 aromatic heterocycles. The van der Waals surface area contributed by atoms with Gasteiger partial charge in [-0.3, -0.25) is 4.90 Å². The van der Waals surface area contributed by atoms with E-state index in [1.807, 2.05) is 37.3 Å². The quantitative estimate of drug-likeness (QED) is 0.883. The van der Waals surface area contributed by atoms with E-state index in [-0.39, 0.29) is 0 Å². The van der Waals surface area contributed by atoms with Gasteiger partial charge in [0.25, 0.3) is 5.89 Å². The first-order valence-corrected chi connectivity index (χ1v) is 5.95. The third-order valence-corrected chi connectivity index (χ3v) is 2.98. The summed E-state index contributed by atoms with van der Waals surface area (Å²) in [6, 6.07) is 9.69. The van der Waals surface area contributed by atoms with E-state index in [1.54, 1.807) is 0 Å². The van der Waals surface area contributed by atoms with Gasteiger partial charge in [-0.25, -0.2) is 0 Å². The van der Waals surface area contributed by atoms with Gasteiger partial charge in [-0.15, -0.1) is 0 Å². The van der Waals surface area contributed by atoms with Gasteiger partial charge in [0.15, 0.2) is 5.82 Å². The van der Waals surface area contributed by atoms with Crippen LogP contribution >= 0.6 is 0 Å². The predicted octanol–water partition coefficient (Wildman–Crippen LogP) is 1.30. The maximum atomic E-state index is 9.64. The topological polar surface area (TPSA) is 62.4 Å². The van der Waals surface area contributed by atoms with Crippen molar-refractivity contribution in [2.24, 2.45) is 0 Å². The molecule has 0 saturated carbocycles. The Kier molecular flexibility index (Phi) is 2.65. The van der Waals surface area contributed by atoms with E-state index in [1.165, 1.54) is 0 Å². The van der Waals surface area contributed by atoms with Crippen molar-refractivity contribution in [3.63, 3.8) is 0 Å². The smallest absolute Gasteiger partial charge is 0.257 e. The fourth-order valence-corrected chi connectivity index (χ4v) is 2.25. The molecule has 5 heteroatoms. The van der Waals surface area contributed by atoms with Crippen molar-refractivity contribution in [2.75, 3.05) is 13.1 Å². The second-order valence-electron chi connectivity index (χ2n) is 5.02. The molecule has 0 unspecified atom stereocenters. The molecule has 0 aliphatic carbocycles. The van der Waals surface area contributed by atoms with Gasteiger partial charge in [0.1, 0.15) is 0 Å². The summed E-state index contributed by atoms with van der Waals surface area (Å²) >= 11 is 0. The van der Waals surface area contributed by atoms with Gasteiger partial charge in [-0.05, 0) is 19.1 Å². The van der Waals surface area contributed by atoms with Crippen LogP contribution in [-0.4, -0.2) is 38.8 Å². The van der Waals surface area contributed by atoms with E-state index in [2.05, 4.69) is 15.0 Å². The van der Waals surface area contributed by atoms with Crippen molar-refractivity contribution < 1.29 is 9.63 Å². The van der Waals surface area contributed by atoms with Crippen LogP contribution < -0.4 is 0 Å². The molecular formula is C13H15N3O2. The Balaban J connectivity index is 1.68. The van der Waals surface area contributed by atoms with Crippen molar-refractivity contribution in [3.8, 4) is 11.5 Å². The maximum absolute atomic E-state index is 9.64. The molecule has 2 aromatic rings. The number of β-amino-alcohol motifs (C(OH)–C–C–N with tert-alkyl or cyclic N) is 1. The van der Waals surface area contributed by atoms with Crippen molar-refractivity contribution >= 4 is 0 Å². The summed E-state index contributed by atoms with van der Waals surface area (Å²) in [7, 11) is 0. The summed E-state index contributed by atoms with van der Waals surface area (Å²) in [6.45, 7) is 3.76. The van der Waals surface area contributed by atoms with Crippen LogP contribution in [0.2, 0.25) is 0 Å². The molecule has 3 rings (SSSR count). The Morgan fingerprint density at radius 3 is 2.72 bits per heavy atom. The summed E-state index contributed by atoms with van der Waals surface area (Å²) < 4.78 is 5.22. The zero-order chi connectivity index (χ0) is 12.6. The summed E-state index contributed by atoms with van der Waals surface area (Å²) in [5, 5.41) is 13.6. The SMILES string of the molecule is CC1(O)CN(Cc2noc(-c3ccccc3)n2)C1. The van der Waals surface area contributed by atoms with Crippen molar-refractivity contribution in [1.82, 2.24) is 15.0 Å². The molecule has 1 aliphatic heterocycles. The Morgan fingerprint density at radius 1 is 1.33 bits per heavy atom. The van der Waals surface area contributed by atoms with Gasteiger partial charge < -0.3 is 9.63 Å². The summed E-state index contributed by atoms with van der Waals surface area (Å²) in [4.78, 5) is 6.43. The first kappa shape index (κ1) is 11.4. The molecule has 0 spiro atoms. The van der Waals surface area contributed by atoms with E-state index >= 15 is 0 Å². The van der Waals surface area contributed by atoms with Crippen molar-refractivity contribution in [1.29, 1.82) is 0 Å². The third kappa shape index (κ3) is 2.27. The molecule has 0 atom stereocenters. The van der Waals surface area contributed by atoms with E-state index in [0.29, 0.717) is 31.3 Å². The van der Waals surface area contributed by atoms with E-state index in [9.17, 15) is 5.11 Å². The molecule has 94 valence electrons. The highest BCUT2D eigenvalue weighted by Gasteiger charge is 2.36. The number of hydrogen-bond donors (Lipinski definition) is 1. The standard InChI is InChI=1S/C13H15N3O2/c1-13(17)8-16(9-13)7-11-14-12(18-15-11)10-5-3-2-4-6-10/h2-6,17H,7-9H2,1H3. The highest BCUT2D eigenvalue weighted by molar-refractivity contribution is 5.51. The van der Waals surface area contributed by atoms with Crippen LogP contribution in [0.3, 0.4) is 0 Å². The Morgan fingerprint density at radius 2 is 2.06 bits per heavy atom. The molecule has 1 N–H and O–H groups in total. The molecule has 2 heterocycles. The number of nitrogens with zero attached hydrogens (tertiary/aromatic N) is 3. The Bertz CT molecular complexity index is 528. The largest absolute Gasteiger partial charge is 0.388 e. The molecule has 5 nitrogen and oxygen atoms in total. The van der Waals surface area contributed by atoms with Crippen LogP contribution in [0.4, 0.5) is 0 Å². The van der Waals surface area contributed by atoms with Crippen LogP contribution in [0.15, 0.2) is 34.9 Å². The number of likely N-dealkylation sites (tertiary alicyclic amines) is 1. The molecule has 18 heavy (non-hydrogen) atoms. The maximum Gasteiger partial charge on any atom is 0.257 e. The number of hydrogen-bond acceptors (Lipinski definition) is 5. The van der Waals surface area contributed by atoms with Crippen LogP contribution in [0.1, 0.15) is 12.7 Å². The summed E-state index contributed by atoms with van der Waals surface area (Å²) in [5.74, 6) is 1.20. The lowest BCUT2D eigenvalue weighted by molar-refractivity contribution is -0.0882. The second-order valence-corrected chi connectivity index (χ2v) is 5.02. The number of rotatable bonds is 3. The fourth-order valence-electron chi connectivity index (χ4n) is 2.25. The monoisotopic (exact) mass is 245 g/mol. The van der Waals surface area contributed by atoms with E-state index in [4.69, 9.17) is 4.52 Å². The predicted molar refractivity (Wildman–Crippen MR) is 65.6 cm³/mol. The van der Waals surface area contributed by atoms with Gasteiger partial charge in [0.2, 0.25) is 0 Å². The van der Waals surface area contributed by atoms with Crippen LogP contribution in [0.25, 0.3) is 11.5 Å². The first-order chi connectivity index (χ1) is 8.62. The molecule has 1 saturated heterocycles. The lowest BCUT2D eigenvalue weighted by Crippen LogP contribution is -2.59. The molecule has 0 amide bonds. The molecule has 0 radical (unpaired) electrons. The lowest BCUT2D eigenvalue weighted by Gasteiger charge is -2.43. The molecule has 1 fully saturated rings. The first-order valence-electron chi connectivity index (χ1n) is 5.95. The minimum atomic E-state index is -0.563. The second kappa shape index (κ2) is 4.19. The Hall–Kier alpha value is -1.72. The van der Waals surface area contributed by atoms with Crippen molar-refractivity contribution in [2.45, 2.75) is 19.1 Å². The minimum absolute atomic E-state index is 0.540. The minimum Gasteiger partial charge on any atom is -0.388 e. The molecule has 1 aromatic carbocycles. The average Bonchev–Trinajstić information content (AvgIpc) is 2.76. The van der Waals surface area contributed by atoms with Gasteiger partial charge in [0, 0.05) is 18.7 Å². The van der Waals surface area contributed by atoms with E-state index in [0.717, 1.165) is 5.56 Å². The number of aliphatic hydroxyl groups is 1. The van der Waals surface area contributed by atoms with Gasteiger partial charge in [-0.1, -0.05) is 23.4 Å². The molecule has 1 aliphatic rings. The highest BCUT2D eigenvalue weighted by atomic mass is 16.5. The zero-order valence-corrected chi connectivity index (χ0v) is 10.2. The number of benzene rings is 1. The van der Waals surface area contributed by atoms with Crippen LogP contribution in [-0.2, 0) is 6.54 Å². The molecular weight excluding hydrogens is 230 g/mol. The normalized spacial score (nSPS) is 18.6. The van der Waals surface area contributed by atoms with Crippen LogP contribution in [0, 0.1) is 0 Å². The van der Waals surface area contributed by atoms with Crippen LogP contribution in [0.5, 0.6) is 0 Å². The van der Waals surface area contributed by atoms with Gasteiger partial charge in [0.05, 0.1) is 12.1 Å². The average molecular weight is 245 g/mol. The lowest BCUT2D eigenvalue weighted by atomic mass is 9.97. The third-order valence-electron chi connectivity index (χ3n) is 2.98. The summed E-state index contributed by atoms with van der Waals surface area (Å²) in [6.07, 6.45) is 0. The van der Waals surface area contributed by atoms with Crippen molar-refractivity contribution in [3.05, 3.63) is 36.2 Å².